The van der Waals surface area contributed by atoms with Gasteiger partial charge in [0.1, 0.15) is 11.6 Å². The maximum absolute atomic E-state index is 16.1. The van der Waals surface area contributed by atoms with Crippen molar-refractivity contribution >= 4 is 51.9 Å². The molecule has 6 aliphatic heterocycles. The van der Waals surface area contributed by atoms with E-state index in [1.807, 2.05) is 34.8 Å². The van der Waals surface area contributed by atoms with Crippen LogP contribution in [-0.4, -0.2) is 115 Å². The Morgan fingerprint density at radius 2 is 1.67 bits per heavy atom. The van der Waals surface area contributed by atoms with Crippen molar-refractivity contribution in [3.05, 3.63) is 82.1 Å². The normalized spacial score (nSPS) is 20.8. The Morgan fingerprint density at radius 3 is 2.43 bits per heavy atom. The largest absolute Gasteiger partial charge is 0.369 e. The van der Waals surface area contributed by atoms with Crippen LogP contribution in [0.2, 0.25) is 0 Å². The SMILES string of the molecule is CC(=O)N1CCc2c(c(N3CCCc4cc(-c5cn(C)c6ccnnc56)c(C(F)F)cc43)nn2C2CCN(CC3CCN(c4ccc5c(c4F)CN(C4CCC(=O)NC4=O)C5=O)CC3)CC2)C1. The number of likely N-dealkylation sites (tertiary alicyclic amines) is 1. The number of halogens is 3. The highest BCUT2D eigenvalue weighted by Crippen LogP contribution is 2.45. The van der Waals surface area contributed by atoms with Crippen molar-refractivity contribution in [2.45, 2.75) is 96.3 Å². The van der Waals surface area contributed by atoms with Crippen LogP contribution in [0.3, 0.4) is 0 Å². The Morgan fingerprint density at radius 1 is 0.866 bits per heavy atom. The number of hydrogen-bond acceptors (Lipinski definition) is 10. The average Bonchev–Trinajstić information content (AvgIpc) is 3.99. The lowest BCUT2D eigenvalue weighted by atomic mass is 9.92. The molecule has 67 heavy (non-hydrogen) atoms. The van der Waals surface area contributed by atoms with Gasteiger partial charge in [-0.1, -0.05) is 0 Å². The van der Waals surface area contributed by atoms with E-state index >= 15 is 13.2 Å². The summed E-state index contributed by atoms with van der Waals surface area (Å²) in [4.78, 5) is 60.2. The molecule has 350 valence electrons. The molecule has 1 N–H and O–H groups in total. The highest BCUT2D eigenvalue weighted by Gasteiger charge is 2.42. The molecule has 3 aromatic heterocycles. The first-order valence-electron chi connectivity index (χ1n) is 23.7. The topological polar surface area (TPSA) is 145 Å². The van der Waals surface area contributed by atoms with E-state index in [2.05, 4.69) is 34.9 Å². The zero-order valence-corrected chi connectivity index (χ0v) is 37.8. The van der Waals surface area contributed by atoms with Crippen LogP contribution in [0, 0.1) is 11.7 Å². The molecule has 0 aliphatic carbocycles. The molecule has 4 amide bonds. The lowest BCUT2D eigenvalue weighted by molar-refractivity contribution is -0.137. The van der Waals surface area contributed by atoms with Gasteiger partial charge < -0.3 is 29.1 Å². The molecule has 15 nitrogen and oxygen atoms in total. The number of fused-ring (bicyclic) bond motifs is 4. The van der Waals surface area contributed by atoms with Gasteiger partial charge in [-0.2, -0.15) is 10.2 Å². The second-order valence-corrected chi connectivity index (χ2v) is 19.2. The number of piperidine rings is 3. The summed E-state index contributed by atoms with van der Waals surface area (Å²) < 4.78 is 50.5. The number of aryl methyl sites for hydroxylation is 2. The zero-order valence-electron chi connectivity index (χ0n) is 37.8. The third-order valence-corrected chi connectivity index (χ3v) is 15.3. The highest BCUT2D eigenvalue weighted by atomic mass is 19.3. The minimum atomic E-state index is -2.73. The van der Waals surface area contributed by atoms with Gasteiger partial charge in [-0.3, -0.25) is 29.2 Å². The third-order valence-electron chi connectivity index (χ3n) is 15.3. The number of imide groups is 1. The van der Waals surface area contributed by atoms with Gasteiger partial charge in [-0.15, -0.1) is 5.10 Å². The van der Waals surface area contributed by atoms with Crippen molar-refractivity contribution < 1.29 is 32.3 Å². The van der Waals surface area contributed by atoms with Crippen LogP contribution < -0.4 is 15.1 Å². The number of carbonyl (C=O) groups excluding carboxylic acids is 4. The predicted octanol–water partition coefficient (Wildman–Crippen LogP) is 6.21. The van der Waals surface area contributed by atoms with E-state index in [9.17, 15) is 19.2 Å². The van der Waals surface area contributed by atoms with Crippen LogP contribution in [0.4, 0.5) is 30.4 Å². The van der Waals surface area contributed by atoms with E-state index in [0.29, 0.717) is 73.0 Å². The Hall–Kier alpha value is -6.30. The fourth-order valence-corrected chi connectivity index (χ4v) is 11.7. The fourth-order valence-electron chi connectivity index (χ4n) is 11.7. The molecule has 0 bridgehead atoms. The Balaban J connectivity index is 0.776. The molecule has 0 spiro atoms. The lowest BCUT2D eigenvalue weighted by Gasteiger charge is -2.39. The molecular formula is C49H54F3N11O4. The lowest BCUT2D eigenvalue weighted by Crippen LogP contribution is -2.52. The molecule has 0 radical (unpaired) electrons. The maximum atomic E-state index is 16.1. The monoisotopic (exact) mass is 917 g/mol. The number of carbonyl (C=O) groups is 4. The van der Waals surface area contributed by atoms with Gasteiger partial charge >= 0.3 is 0 Å². The maximum Gasteiger partial charge on any atom is 0.264 e. The van der Waals surface area contributed by atoms with Gasteiger partial charge in [0.25, 0.3) is 12.3 Å². The van der Waals surface area contributed by atoms with Crippen LogP contribution in [0.15, 0.2) is 42.7 Å². The third kappa shape index (κ3) is 7.60. The fraction of sp³-hybridized carbons (Fsp3) is 0.490. The molecule has 5 aromatic rings. The van der Waals surface area contributed by atoms with E-state index < -0.39 is 24.2 Å². The van der Waals surface area contributed by atoms with Gasteiger partial charge in [0.2, 0.25) is 17.7 Å². The summed E-state index contributed by atoms with van der Waals surface area (Å²) in [5.41, 5.74) is 7.31. The van der Waals surface area contributed by atoms with E-state index in [0.717, 1.165) is 92.0 Å². The average molecular weight is 918 g/mol. The van der Waals surface area contributed by atoms with E-state index in [4.69, 9.17) is 5.10 Å². The molecule has 2 aromatic carbocycles. The molecule has 6 aliphatic rings. The van der Waals surface area contributed by atoms with Crippen molar-refractivity contribution in [3.8, 4) is 11.1 Å². The number of nitrogens with zero attached hydrogens (tertiary/aromatic N) is 10. The van der Waals surface area contributed by atoms with Gasteiger partial charge in [0.15, 0.2) is 11.6 Å². The minimum Gasteiger partial charge on any atom is -0.369 e. The highest BCUT2D eigenvalue weighted by molar-refractivity contribution is 6.05. The quantitative estimate of drug-likeness (QED) is 0.179. The zero-order chi connectivity index (χ0) is 46.2. The molecular weight excluding hydrogens is 864 g/mol. The number of anilines is 3. The van der Waals surface area contributed by atoms with E-state index in [1.165, 1.54) is 4.90 Å². The number of aromatic nitrogens is 5. The Labute approximate surface area is 385 Å². The molecule has 3 fully saturated rings. The molecule has 11 rings (SSSR count). The Kier molecular flexibility index (Phi) is 11.0. The summed E-state index contributed by atoms with van der Waals surface area (Å²) in [6.07, 6.45) is 6.94. The van der Waals surface area contributed by atoms with Crippen LogP contribution in [-0.2, 0) is 47.4 Å². The first kappa shape index (κ1) is 43.3. The van der Waals surface area contributed by atoms with E-state index in [1.54, 1.807) is 31.3 Å². The van der Waals surface area contributed by atoms with Crippen molar-refractivity contribution in [2.75, 3.05) is 55.6 Å². The number of nitrogens with one attached hydrogen (secondary N) is 1. The number of alkyl halides is 2. The molecule has 9 heterocycles. The molecule has 3 saturated heterocycles. The second kappa shape index (κ2) is 17.1. The summed E-state index contributed by atoms with van der Waals surface area (Å²) in [5, 5.41) is 16.1. The molecule has 1 atom stereocenters. The molecule has 18 heteroatoms. The van der Waals surface area contributed by atoms with E-state index in [-0.39, 0.29) is 54.3 Å². The summed E-state index contributed by atoms with van der Waals surface area (Å²) in [6, 6.07) is 8.11. The summed E-state index contributed by atoms with van der Waals surface area (Å²) in [7, 11) is 1.88. The van der Waals surface area contributed by atoms with Gasteiger partial charge in [-0.25, -0.2) is 13.2 Å². The van der Waals surface area contributed by atoms with Crippen LogP contribution >= 0.6 is 0 Å². The standard InChI is InChI=1S/C49H54F3N11O4/c1-28(64)60-21-14-38-37(26-60)47(61-16-3-4-30-22-33(34(46(51)52)23-42(30)61)36-25-57(2)40-9-15-53-55-45(36)40)56-63(38)31-12-17-58(18-13-31)24-29-10-19-59(20-11-29)39-6-5-32-35(44(39)50)27-62(49(32)67)41-7-8-43(65)54-48(41)66/h5-6,9,15,22-23,25,29,31,41,46H,3-4,7-8,10-14,16-21,24,26-27H2,1-2H3,(H,54,65,66). The summed E-state index contributed by atoms with van der Waals surface area (Å²) >= 11 is 0. The van der Waals surface area contributed by atoms with Gasteiger partial charge in [0.05, 0.1) is 36.5 Å². The smallest absolute Gasteiger partial charge is 0.264 e. The van der Waals surface area contributed by atoms with Crippen molar-refractivity contribution in [1.82, 2.24) is 44.6 Å². The molecule has 1 unspecified atom stereocenters. The second-order valence-electron chi connectivity index (χ2n) is 19.2. The first-order chi connectivity index (χ1) is 32.4. The van der Waals surface area contributed by atoms with Gasteiger partial charge in [0, 0.05) is 118 Å². The van der Waals surface area contributed by atoms with Crippen molar-refractivity contribution in [3.63, 3.8) is 0 Å². The van der Waals surface area contributed by atoms with Crippen LogP contribution in [0.25, 0.3) is 22.2 Å². The number of hydrogen-bond donors (Lipinski definition) is 1. The van der Waals surface area contributed by atoms with Gasteiger partial charge in [-0.05, 0) is 92.3 Å². The number of amides is 4. The Bertz CT molecular complexity index is 2830. The minimum absolute atomic E-state index is 0.00220. The predicted molar refractivity (Wildman–Crippen MR) is 243 cm³/mol. The first-order valence-corrected chi connectivity index (χ1v) is 23.7. The van der Waals surface area contributed by atoms with Crippen LogP contribution in [0.1, 0.15) is 103 Å². The van der Waals surface area contributed by atoms with Crippen molar-refractivity contribution in [1.29, 1.82) is 0 Å². The number of benzene rings is 2. The summed E-state index contributed by atoms with van der Waals surface area (Å²) in [6.45, 7) is 7.37. The summed E-state index contributed by atoms with van der Waals surface area (Å²) in [5.74, 6) is -0.479. The van der Waals surface area contributed by atoms with Crippen molar-refractivity contribution in [2.24, 2.45) is 13.0 Å². The number of rotatable bonds is 8. The molecule has 0 saturated carbocycles. The van der Waals surface area contributed by atoms with Crippen LogP contribution in [0.5, 0.6) is 0 Å².